The molecule has 0 aliphatic rings. The third-order valence-electron chi connectivity index (χ3n) is 3.54. The maximum absolute atomic E-state index is 12.3. The Bertz CT molecular complexity index is 620. The van der Waals surface area contributed by atoms with Gasteiger partial charge in [0.15, 0.2) is 0 Å². The van der Waals surface area contributed by atoms with Crippen LogP contribution in [0.3, 0.4) is 0 Å². The third kappa shape index (κ3) is 4.84. The molecule has 5 heteroatoms. The highest BCUT2D eigenvalue weighted by atomic mass is 16.5. The molecule has 0 aliphatic heterocycles. The standard InChI is InChI=1S/C18H25N3O2/c1-4-21-17(13-16(20-21)14(2)3)18(22)19-11-8-12-23-15-9-6-5-7-10-15/h5-7,9-10,13-14H,4,8,11-12H2,1-3H3,(H,19,22). The first-order valence-electron chi connectivity index (χ1n) is 8.15. The van der Waals surface area contributed by atoms with E-state index in [1.54, 1.807) is 4.68 Å². The van der Waals surface area contributed by atoms with Gasteiger partial charge in [0.25, 0.3) is 5.91 Å². The van der Waals surface area contributed by atoms with Gasteiger partial charge >= 0.3 is 0 Å². The lowest BCUT2D eigenvalue weighted by molar-refractivity contribution is 0.0941. The predicted molar refractivity (Wildman–Crippen MR) is 90.9 cm³/mol. The average molecular weight is 315 g/mol. The zero-order valence-corrected chi connectivity index (χ0v) is 14.1. The largest absolute Gasteiger partial charge is 0.494 e. The molecule has 2 rings (SSSR count). The summed E-state index contributed by atoms with van der Waals surface area (Å²) in [5, 5.41) is 7.40. The van der Waals surface area contributed by atoms with Crippen molar-refractivity contribution in [2.24, 2.45) is 0 Å². The summed E-state index contributed by atoms with van der Waals surface area (Å²) in [6.45, 7) is 7.98. The molecule has 1 N–H and O–H groups in total. The number of hydrogen-bond acceptors (Lipinski definition) is 3. The van der Waals surface area contributed by atoms with Crippen molar-refractivity contribution in [3.63, 3.8) is 0 Å². The Morgan fingerprint density at radius 3 is 2.70 bits per heavy atom. The summed E-state index contributed by atoms with van der Waals surface area (Å²) < 4.78 is 7.36. The molecule has 1 aromatic carbocycles. The highest BCUT2D eigenvalue weighted by Gasteiger charge is 2.15. The molecule has 5 nitrogen and oxygen atoms in total. The minimum atomic E-state index is -0.0778. The lowest BCUT2D eigenvalue weighted by Crippen LogP contribution is -2.27. The Hall–Kier alpha value is -2.30. The number of carbonyl (C=O) groups is 1. The van der Waals surface area contributed by atoms with Crippen LogP contribution in [0.4, 0.5) is 0 Å². The molecular formula is C18H25N3O2. The number of nitrogens with one attached hydrogen (secondary N) is 1. The number of hydrogen-bond donors (Lipinski definition) is 1. The fraction of sp³-hybridized carbons (Fsp3) is 0.444. The van der Waals surface area contributed by atoms with Gasteiger partial charge < -0.3 is 10.1 Å². The quantitative estimate of drug-likeness (QED) is 0.761. The summed E-state index contributed by atoms with van der Waals surface area (Å²) in [5.41, 5.74) is 1.57. The van der Waals surface area contributed by atoms with E-state index in [4.69, 9.17) is 4.74 Å². The molecule has 2 aromatic rings. The number of aromatic nitrogens is 2. The second kappa shape index (κ2) is 8.36. The van der Waals surface area contributed by atoms with Crippen molar-refractivity contribution in [3.8, 4) is 5.75 Å². The van der Waals surface area contributed by atoms with Crippen LogP contribution in [0, 0.1) is 0 Å². The number of carbonyl (C=O) groups excluding carboxylic acids is 1. The van der Waals surface area contributed by atoms with E-state index in [1.165, 1.54) is 0 Å². The molecule has 1 aromatic heterocycles. The van der Waals surface area contributed by atoms with Gasteiger partial charge in [-0.3, -0.25) is 9.48 Å². The van der Waals surface area contributed by atoms with Gasteiger partial charge in [-0.25, -0.2) is 0 Å². The van der Waals surface area contributed by atoms with Crippen LogP contribution in [0.15, 0.2) is 36.4 Å². The number of rotatable bonds is 8. The van der Waals surface area contributed by atoms with Crippen molar-refractivity contribution in [2.75, 3.05) is 13.2 Å². The Balaban J connectivity index is 1.78. The smallest absolute Gasteiger partial charge is 0.269 e. The van der Waals surface area contributed by atoms with Crippen LogP contribution in [0.25, 0.3) is 0 Å². The first kappa shape index (κ1) is 17.1. The average Bonchev–Trinajstić information content (AvgIpc) is 3.00. The van der Waals surface area contributed by atoms with Crippen LogP contribution in [-0.4, -0.2) is 28.8 Å². The second-order valence-corrected chi connectivity index (χ2v) is 5.70. The Morgan fingerprint density at radius 2 is 2.04 bits per heavy atom. The number of ether oxygens (including phenoxy) is 1. The second-order valence-electron chi connectivity index (χ2n) is 5.70. The summed E-state index contributed by atoms with van der Waals surface area (Å²) >= 11 is 0. The van der Waals surface area contributed by atoms with Crippen molar-refractivity contribution in [1.82, 2.24) is 15.1 Å². The van der Waals surface area contributed by atoms with E-state index in [0.717, 1.165) is 17.9 Å². The maximum atomic E-state index is 12.3. The molecule has 1 amide bonds. The highest BCUT2D eigenvalue weighted by Crippen LogP contribution is 2.14. The predicted octanol–water partition coefficient (Wildman–Crippen LogP) is 3.23. The van der Waals surface area contributed by atoms with Crippen molar-refractivity contribution in [3.05, 3.63) is 47.8 Å². The molecule has 124 valence electrons. The molecule has 1 heterocycles. The zero-order chi connectivity index (χ0) is 16.7. The molecule has 0 spiro atoms. The number of para-hydroxylation sites is 1. The number of amides is 1. The van der Waals surface area contributed by atoms with E-state index in [2.05, 4.69) is 24.3 Å². The lowest BCUT2D eigenvalue weighted by Gasteiger charge is -2.08. The number of aryl methyl sites for hydroxylation is 1. The zero-order valence-electron chi connectivity index (χ0n) is 14.1. The topological polar surface area (TPSA) is 56.2 Å². The molecule has 0 saturated carbocycles. The van der Waals surface area contributed by atoms with Crippen LogP contribution in [0.2, 0.25) is 0 Å². The van der Waals surface area contributed by atoms with E-state index in [-0.39, 0.29) is 5.91 Å². The molecule has 0 bridgehead atoms. The normalized spacial score (nSPS) is 10.8. The molecule has 0 aliphatic carbocycles. The minimum absolute atomic E-state index is 0.0778. The van der Waals surface area contributed by atoms with E-state index in [9.17, 15) is 4.79 Å². The van der Waals surface area contributed by atoms with Gasteiger partial charge in [0.2, 0.25) is 0 Å². The van der Waals surface area contributed by atoms with Gasteiger partial charge in [-0.1, -0.05) is 32.0 Å². The first-order valence-corrected chi connectivity index (χ1v) is 8.15. The van der Waals surface area contributed by atoms with E-state index in [0.29, 0.717) is 31.3 Å². The highest BCUT2D eigenvalue weighted by molar-refractivity contribution is 5.92. The van der Waals surface area contributed by atoms with Crippen LogP contribution < -0.4 is 10.1 Å². The van der Waals surface area contributed by atoms with Crippen molar-refractivity contribution < 1.29 is 9.53 Å². The Morgan fingerprint density at radius 1 is 1.30 bits per heavy atom. The van der Waals surface area contributed by atoms with E-state index in [1.807, 2.05) is 43.3 Å². The van der Waals surface area contributed by atoms with Gasteiger partial charge in [0.05, 0.1) is 12.3 Å². The number of benzene rings is 1. The fourth-order valence-electron chi connectivity index (χ4n) is 2.21. The summed E-state index contributed by atoms with van der Waals surface area (Å²) in [7, 11) is 0. The fourth-order valence-corrected chi connectivity index (χ4v) is 2.21. The summed E-state index contributed by atoms with van der Waals surface area (Å²) in [4.78, 5) is 12.3. The molecule has 0 atom stereocenters. The molecule has 0 fully saturated rings. The van der Waals surface area contributed by atoms with Gasteiger partial charge in [-0.05, 0) is 37.5 Å². The van der Waals surface area contributed by atoms with Gasteiger partial charge in [0.1, 0.15) is 11.4 Å². The summed E-state index contributed by atoms with van der Waals surface area (Å²) in [6, 6.07) is 11.6. The molecular weight excluding hydrogens is 290 g/mol. The SMILES string of the molecule is CCn1nc(C(C)C)cc1C(=O)NCCCOc1ccccc1. The maximum Gasteiger partial charge on any atom is 0.269 e. The van der Waals surface area contributed by atoms with Crippen LogP contribution in [-0.2, 0) is 6.54 Å². The van der Waals surface area contributed by atoms with Crippen LogP contribution in [0.5, 0.6) is 5.75 Å². The summed E-state index contributed by atoms with van der Waals surface area (Å²) in [5.74, 6) is 1.09. The van der Waals surface area contributed by atoms with Crippen LogP contribution in [0.1, 0.15) is 49.3 Å². The third-order valence-corrected chi connectivity index (χ3v) is 3.54. The van der Waals surface area contributed by atoms with Gasteiger partial charge in [-0.15, -0.1) is 0 Å². The first-order chi connectivity index (χ1) is 11.1. The Kier molecular flexibility index (Phi) is 6.20. The minimum Gasteiger partial charge on any atom is -0.494 e. The number of nitrogens with zero attached hydrogens (tertiary/aromatic N) is 2. The monoisotopic (exact) mass is 315 g/mol. The van der Waals surface area contributed by atoms with Gasteiger partial charge in [-0.2, -0.15) is 5.10 Å². The van der Waals surface area contributed by atoms with Crippen molar-refractivity contribution >= 4 is 5.91 Å². The van der Waals surface area contributed by atoms with Crippen LogP contribution >= 0.6 is 0 Å². The molecule has 0 saturated heterocycles. The lowest BCUT2D eigenvalue weighted by atomic mass is 10.1. The molecule has 23 heavy (non-hydrogen) atoms. The van der Waals surface area contributed by atoms with Crippen molar-refractivity contribution in [1.29, 1.82) is 0 Å². The molecule has 0 unspecified atom stereocenters. The Labute approximate surface area is 137 Å². The van der Waals surface area contributed by atoms with E-state index >= 15 is 0 Å². The van der Waals surface area contributed by atoms with E-state index < -0.39 is 0 Å². The van der Waals surface area contributed by atoms with Gasteiger partial charge in [0, 0.05) is 13.1 Å². The van der Waals surface area contributed by atoms with Crippen molar-refractivity contribution in [2.45, 2.75) is 39.7 Å². The molecule has 0 radical (unpaired) electrons. The summed E-state index contributed by atoms with van der Waals surface area (Å²) in [6.07, 6.45) is 0.762.